The number of aryl methyl sites for hydroxylation is 2. The second-order valence-electron chi connectivity index (χ2n) is 5.94. The number of Topliss-reactive ketones (excluding diaryl/α,β-unsaturated/α-hetero) is 1. The predicted molar refractivity (Wildman–Crippen MR) is 101 cm³/mol. The maximum Gasteiger partial charge on any atom is 0.243 e. The van der Waals surface area contributed by atoms with Gasteiger partial charge in [-0.25, -0.2) is 8.42 Å². The lowest BCUT2D eigenvalue weighted by Gasteiger charge is -2.23. The van der Waals surface area contributed by atoms with E-state index in [1.165, 1.54) is 25.2 Å². The van der Waals surface area contributed by atoms with Gasteiger partial charge in [-0.3, -0.25) is 4.79 Å². The van der Waals surface area contributed by atoms with Gasteiger partial charge in [0.1, 0.15) is 0 Å². The van der Waals surface area contributed by atoms with Gasteiger partial charge in [-0.15, -0.1) is 0 Å². The second kappa shape index (κ2) is 7.46. The van der Waals surface area contributed by atoms with Crippen LogP contribution in [0.3, 0.4) is 0 Å². The standard InChI is InChI=1S/C18H19Cl2NO3S/c1-11-5-6-14(9-12(11)2)18(22)13(3)21(4)25(23,24)15-7-8-16(19)17(20)10-15/h5-10,13H,1-4H3. The average molecular weight is 400 g/mol. The number of sulfonamides is 1. The number of ketones is 1. The smallest absolute Gasteiger partial charge is 0.243 e. The summed E-state index contributed by atoms with van der Waals surface area (Å²) in [5.74, 6) is -0.269. The molecule has 0 radical (unpaired) electrons. The van der Waals surface area contributed by atoms with E-state index in [-0.39, 0.29) is 20.7 Å². The van der Waals surface area contributed by atoms with E-state index in [4.69, 9.17) is 23.2 Å². The van der Waals surface area contributed by atoms with Gasteiger partial charge >= 0.3 is 0 Å². The predicted octanol–water partition coefficient (Wildman–Crippen LogP) is 4.50. The molecule has 0 aliphatic rings. The molecule has 0 spiro atoms. The number of nitrogens with zero attached hydrogens (tertiary/aromatic N) is 1. The van der Waals surface area contributed by atoms with Gasteiger partial charge in [0.15, 0.2) is 5.78 Å². The minimum absolute atomic E-state index is 0.0101. The van der Waals surface area contributed by atoms with Crippen molar-refractivity contribution >= 4 is 39.0 Å². The summed E-state index contributed by atoms with van der Waals surface area (Å²) in [7, 11) is -2.50. The Morgan fingerprint density at radius 2 is 1.64 bits per heavy atom. The van der Waals surface area contributed by atoms with E-state index in [2.05, 4.69) is 0 Å². The van der Waals surface area contributed by atoms with Crippen molar-refractivity contribution < 1.29 is 13.2 Å². The Bertz CT molecular complexity index is 926. The minimum Gasteiger partial charge on any atom is -0.292 e. The van der Waals surface area contributed by atoms with Crippen molar-refractivity contribution in [2.24, 2.45) is 0 Å². The van der Waals surface area contributed by atoms with Gasteiger partial charge in [0.05, 0.1) is 21.0 Å². The topological polar surface area (TPSA) is 54.5 Å². The number of likely N-dealkylation sites (N-methyl/N-ethyl adjacent to an activating group) is 1. The number of carbonyl (C=O) groups excluding carboxylic acids is 1. The first-order valence-corrected chi connectivity index (χ1v) is 9.80. The van der Waals surface area contributed by atoms with Crippen LogP contribution in [0.4, 0.5) is 0 Å². The molecule has 2 aromatic carbocycles. The van der Waals surface area contributed by atoms with E-state index in [9.17, 15) is 13.2 Å². The normalized spacial score (nSPS) is 13.1. The molecular formula is C18H19Cl2NO3S. The van der Waals surface area contributed by atoms with Gasteiger partial charge in [-0.1, -0.05) is 35.3 Å². The Hall–Kier alpha value is -1.40. The molecule has 2 aromatic rings. The van der Waals surface area contributed by atoms with Crippen molar-refractivity contribution in [3.05, 3.63) is 63.1 Å². The van der Waals surface area contributed by atoms with Gasteiger partial charge in [0.25, 0.3) is 0 Å². The fraction of sp³-hybridized carbons (Fsp3) is 0.278. The molecule has 0 aromatic heterocycles. The lowest BCUT2D eigenvalue weighted by molar-refractivity contribution is 0.0919. The summed E-state index contributed by atoms with van der Waals surface area (Å²) in [5.41, 5.74) is 2.53. The van der Waals surface area contributed by atoms with Crippen molar-refractivity contribution in [3.63, 3.8) is 0 Å². The molecule has 1 unspecified atom stereocenters. The van der Waals surface area contributed by atoms with Crippen LogP contribution in [0, 0.1) is 13.8 Å². The Labute approximate surface area is 158 Å². The Morgan fingerprint density at radius 3 is 2.20 bits per heavy atom. The summed E-state index contributed by atoms with van der Waals surface area (Å²) >= 11 is 11.7. The van der Waals surface area contributed by atoms with E-state index < -0.39 is 16.1 Å². The molecule has 2 rings (SSSR count). The molecule has 4 nitrogen and oxygen atoms in total. The molecule has 0 bridgehead atoms. The Morgan fingerprint density at radius 1 is 1.00 bits per heavy atom. The zero-order chi connectivity index (χ0) is 18.9. The molecule has 0 saturated heterocycles. The monoisotopic (exact) mass is 399 g/mol. The third-order valence-corrected chi connectivity index (χ3v) is 6.95. The summed E-state index contributed by atoms with van der Waals surface area (Å²) in [5, 5.41) is 0.409. The van der Waals surface area contributed by atoms with Crippen LogP contribution in [0.2, 0.25) is 10.0 Å². The molecule has 0 aliphatic heterocycles. The van der Waals surface area contributed by atoms with E-state index in [1.54, 1.807) is 19.1 Å². The Kier molecular flexibility index (Phi) is 5.94. The SMILES string of the molecule is Cc1ccc(C(=O)C(C)N(C)S(=O)(=O)c2ccc(Cl)c(Cl)c2)cc1C. The molecule has 1 atom stereocenters. The summed E-state index contributed by atoms with van der Waals surface area (Å²) in [6.07, 6.45) is 0. The van der Waals surface area contributed by atoms with Gasteiger partial charge in [0, 0.05) is 12.6 Å². The average Bonchev–Trinajstić information content (AvgIpc) is 2.57. The van der Waals surface area contributed by atoms with Crippen LogP contribution in [-0.4, -0.2) is 31.6 Å². The van der Waals surface area contributed by atoms with E-state index in [0.717, 1.165) is 15.4 Å². The molecule has 0 saturated carbocycles. The van der Waals surface area contributed by atoms with Crippen LogP contribution in [0.15, 0.2) is 41.3 Å². The Balaban J connectivity index is 2.33. The number of carbonyl (C=O) groups is 1. The van der Waals surface area contributed by atoms with Gasteiger partial charge in [-0.05, 0) is 56.2 Å². The van der Waals surface area contributed by atoms with Crippen LogP contribution in [0.5, 0.6) is 0 Å². The molecule has 0 aliphatic carbocycles. The summed E-state index contributed by atoms with van der Waals surface area (Å²) in [6.45, 7) is 5.42. The first kappa shape index (κ1) is 19.9. The highest BCUT2D eigenvalue weighted by Gasteiger charge is 2.30. The third-order valence-electron chi connectivity index (χ3n) is 4.28. The van der Waals surface area contributed by atoms with E-state index in [0.29, 0.717) is 5.56 Å². The summed E-state index contributed by atoms with van der Waals surface area (Å²) in [6, 6.07) is 8.54. The highest BCUT2D eigenvalue weighted by molar-refractivity contribution is 7.89. The number of benzene rings is 2. The quantitative estimate of drug-likeness (QED) is 0.695. The van der Waals surface area contributed by atoms with Crippen LogP contribution >= 0.6 is 23.2 Å². The fourth-order valence-corrected chi connectivity index (χ4v) is 4.03. The number of hydrogen-bond acceptors (Lipinski definition) is 3. The lowest BCUT2D eigenvalue weighted by atomic mass is 10.0. The van der Waals surface area contributed by atoms with Crippen molar-refractivity contribution in [2.45, 2.75) is 31.7 Å². The van der Waals surface area contributed by atoms with Crippen LogP contribution in [0.25, 0.3) is 0 Å². The molecule has 7 heteroatoms. The first-order valence-electron chi connectivity index (χ1n) is 7.60. The van der Waals surface area contributed by atoms with Gasteiger partial charge in [-0.2, -0.15) is 4.31 Å². The van der Waals surface area contributed by atoms with Crippen LogP contribution < -0.4 is 0 Å². The second-order valence-corrected chi connectivity index (χ2v) is 8.75. The largest absolute Gasteiger partial charge is 0.292 e. The van der Waals surface area contributed by atoms with Crippen LogP contribution in [-0.2, 0) is 10.0 Å². The maximum atomic E-state index is 12.8. The van der Waals surface area contributed by atoms with E-state index >= 15 is 0 Å². The molecule has 25 heavy (non-hydrogen) atoms. The van der Waals surface area contributed by atoms with Crippen molar-refractivity contribution in [1.82, 2.24) is 4.31 Å². The lowest BCUT2D eigenvalue weighted by Crippen LogP contribution is -2.40. The highest BCUT2D eigenvalue weighted by Crippen LogP contribution is 2.27. The zero-order valence-electron chi connectivity index (χ0n) is 14.4. The number of halogens is 2. The van der Waals surface area contributed by atoms with E-state index in [1.807, 2.05) is 19.9 Å². The summed E-state index contributed by atoms with van der Waals surface area (Å²) < 4.78 is 26.6. The van der Waals surface area contributed by atoms with Crippen LogP contribution in [0.1, 0.15) is 28.4 Å². The molecule has 134 valence electrons. The summed E-state index contributed by atoms with van der Waals surface area (Å²) in [4.78, 5) is 12.7. The molecule has 0 N–H and O–H groups in total. The first-order chi connectivity index (χ1) is 11.6. The zero-order valence-corrected chi connectivity index (χ0v) is 16.7. The molecule has 0 heterocycles. The number of rotatable bonds is 5. The third kappa shape index (κ3) is 4.06. The van der Waals surface area contributed by atoms with Gasteiger partial charge < -0.3 is 0 Å². The molecular weight excluding hydrogens is 381 g/mol. The minimum atomic E-state index is -3.88. The fourth-order valence-electron chi connectivity index (χ4n) is 2.31. The molecule has 0 amide bonds. The van der Waals surface area contributed by atoms with Crippen molar-refractivity contribution in [3.8, 4) is 0 Å². The highest BCUT2D eigenvalue weighted by atomic mass is 35.5. The van der Waals surface area contributed by atoms with Gasteiger partial charge in [0.2, 0.25) is 10.0 Å². The maximum absolute atomic E-state index is 12.8. The van der Waals surface area contributed by atoms with Crippen molar-refractivity contribution in [2.75, 3.05) is 7.05 Å². The molecule has 0 fully saturated rings. The number of hydrogen-bond donors (Lipinski definition) is 0. The van der Waals surface area contributed by atoms with Crippen molar-refractivity contribution in [1.29, 1.82) is 0 Å².